The van der Waals surface area contributed by atoms with Gasteiger partial charge in [-0.15, -0.1) is 10.2 Å². The van der Waals surface area contributed by atoms with E-state index in [4.69, 9.17) is 4.52 Å². The molecule has 3 heterocycles. The van der Waals surface area contributed by atoms with Crippen molar-refractivity contribution in [2.75, 3.05) is 13.1 Å². The predicted molar refractivity (Wildman–Crippen MR) is 97.1 cm³/mol. The molecule has 0 amide bonds. The molecular formula is C19H20F3N6O. The number of aromatic nitrogens is 5. The maximum atomic E-state index is 12.9. The molecule has 1 fully saturated rings. The van der Waals surface area contributed by atoms with Gasteiger partial charge in [0.05, 0.1) is 5.92 Å². The molecule has 1 aliphatic rings. The van der Waals surface area contributed by atoms with Crippen LogP contribution in [0.2, 0.25) is 0 Å². The molecule has 3 aromatic rings. The molecule has 2 aromatic heterocycles. The Hall–Kier alpha value is -2.75. The second-order valence-electron chi connectivity index (χ2n) is 7.17. The minimum atomic E-state index is -4.60. The standard InChI is InChI=1S/C19H20F3N6O/c1-3-11-4-6-12(7-5-11)13-8-14(10-23-9-13)17-24-15(27-29-17)16-25-26-18(28(16)2)19(20,21)22/h4-7,13-14H,3,8-10H2,1-2H3. The third-order valence-electron chi connectivity index (χ3n) is 5.25. The minimum Gasteiger partial charge on any atom is -0.339 e. The van der Waals surface area contributed by atoms with Crippen LogP contribution in [0.1, 0.15) is 48.0 Å². The van der Waals surface area contributed by atoms with E-state index >= 15 is 0 Å². The lowest BCUT2D eigenvalue weighted by Gasteiger charge is -2.27. The summed E-state index contributed by atoms with van der Waals surface area (Å²) in [5.74, 6) is -0.707. The molecule has 2 unspecified atom stereocenters. The molecule has 0 N–H and O–H groups in total. The lowest BCUT2D eigenvalue weighted by atomic mass is 9.85. The van der Waals surface area contributed by atoms with E-state index in [1.165, 1.54) is 18.2 Å². The third kappa shape index (κ3) is 3.89. The van der Waals surface area contributed by atoms with E-state index in [0.29, 0.717) is 12.4 Å². The number of hydrogen-bond acceptors (Lipinski definition) is 5. The van der Waals surface area contributed by atoms with Gasteiger partial charge in [-0.05, 0) is 29.9 Å². The van der Waals surface area contributed by atoms with Gasteiger partial charge in [0, 0.05) is 20.1 Å². The second-order valence-corrected chi connectivity index (χ2v) is 7.17. The quantitative estimate of drug-likeness (QED) is 0.665. The zero-order valence-corrected chi connectivity index (χ0v) is 16.0. The monoisotopic (exact) mass is 405 g/mol. The van der Waals surface area contributed by atoms with Gasteiger partial charge in [-0.1, -0.05) is 36.3 Å². The molecule has 153 valence electrons. The average Bonchev–Trinajstić information content (AvgIpc) is 3.34. The van der Waals surface area contributed by atoms with Crippen LogP contribution in [-0.2, 0) is 19.6 Å². The Morgan fingerprint density at radius 3 is 2.48 bits per heavy atom. The number of nitrogens with zero attached hydrogens (tertiary/aromatic N) is 6. The predicted octanol–water partition coefficient (Wildman–Crippen LogP) is 3.32. The molecule has 10 heteroatoms. The van der Waals surface area contributed by atoms with E-state index in [1.54, 1.807) is 0 Å². The molecule has 0 spiro atoms. The minimum absolute atomic E-state index is 0.0140. The number of halogens is 3. The summed E-state index contributed by atoms with van der Waals surface area (Å²) in [6.45, 7) is 3.38. The van der Waals surface area contributed by atoms with Crippen molar-refractivity contribution < 1.29 is 17.7 Å². The van der Waals surface area contributed by atoms with Crippen LogP contribution in [0, 0.1) is 0 Å². The van der Waals surface area contributed by atoms with E-state index in [9.17, 15) is 13.2 Å². The van der Waals surface area contributed by atoms with Crippen molar-refractivity contribution in [3.05, 3.63) is 47.1 Å². The SMILES string of the molecule is CCc1ccc(C2C[N]CC(c3nc(-c4nnc(C(F)(F)F)n4C)no3)C2)cc1. The van der Waals surface area contributed by atoms with Crippen molar-refractivity contribution in [1.82, 2.24) is 30.2 Å². The first kappa shape index (κ1) is 19.6. The number of hydrogen-bond donors (Lipinski definition) is 0. The highest BCUT2D eigenvalue weighted by Crippen LogP contribution is 2.34. The molecular weight excluding hydrogens is 385 g/mol. The zero-order valence-electron chi connectivity index (χ0n) is 16.0. The largest absolute Gasteiger partial charge is 0.451 e. The van der Waals surface area contributed by atoms with Gasteiger partial charge in [-0.25, -0.2) is 5.32 Å². The first-order valence-corrected chi connectivity index (χ1v) is 9.39. The molecule has 0 saturated carbocycles. The molecule has 2 atom stereocenters. The van der Waals surface area contributed by atoms with Crippen LogP contribution in [0.4, 0.5) is 13.2 Å². The Morgan fingerprint density at radius 1 is 1.10 bits per heavy atom. The van der Waals surface area contributed by atoms with Crippen LogP contribution in [0.3, 0.4) is 0 Å². The summed E-state index contributed by atoms with van der Waals surface area (Å²) in [6, 6.07) is 8.49. The summed E-state index contributed by atoms with van der Waals surface area (Å²) in [7, 11) is 1.22. The topological polar surface area (TPSA) is 83.7 Å². The summed E-state index contributed by atoms with van der Waals surface area (Å²) in [4.78, 5) is 4.29. The Bertz CT molecular complexity index is 979. The number of alkyl halides is 3. The average molecular weight is 405 g/mol. The van der Waals surface area contributed by atoms with Crippen LogP contribution in [-0.4, -0.2) is 38.0 Å². The molecule has 7 nitrogen and oxygen atoms in total. The van der Waals surface area contributed by atoms with Gasteiger partial charge in [0.15, 0.2) is 0 Å². The van der Waals surface area contributed by atoms with Gasteiger partial charge in [0.1, 0.15) is 0 Å². The Morgan fingerprint density at radius 2 is 1.83 bits per heavy atom. The van der Waals surface area contributed by atoms with Gasteiger partial charge in [-0.3, -0.25) is 0 Å². The van der Waals surface area contributed by atoms with E-state index in [1.807, 2.05) is 0 Å². The van der Waals surface area contributed by atoms with Crippen molar-refractivity contribution in [2.24, 2.45) is 7.05 Å². The van der Waals surface area contributed by atoms with Crippen molar-refractivity contribution in [3.8, 4) is 11.6 Å². The van der Waals surface area contributed by atoms with Gasteiger partial charge in [0.2, 0.25) is 23.4 Å². The van der Waals surface area contributed by atoms with Gasteiger partial charge < -0.3 is 9.09 Å². The van der Waals surface area contributed by atoms with Crippen molar-refractivity contribution in [3.63, 3.8) is 0 Å². The fraction of sp³-hybridized carbons (Fsp3) is 0.474. The third-order valence-corrected chi connectivity index (χ3v) is 5.25. The van der Waals surface area contributed by atoms with E-state index in [-0.39, 0.29) is 23.5 Å². The first-order chi connectivity index (χ1) is 13.9. The van der Waals surface area contributed by atoms with Crippen molar-refractivity contribution in [1.29, 1.82) is 0 Å². The van der Waals surface area contributed by atoms with Gasteiger partial charge in [0.25, 0.3) is 0 Å². The van der Waals surface area contributed by atoms with E-state index in [0.717, 1.165) is 24.0 Å². The zero-order chi connectivity index (χ0) is 20.6. The molecule has 0 bridgehead atoms. The summed E-state index contributed by atoms with van der Waals surface area (Å²) < 4.78 is 44.9. The van der Waals surface area contributed by atoms with Crippen LogP contribution in [0.15, 0.2) is 28.8 Å². The highest BCUT2D eigenvalue weighted by atomic mass is 19.4. The molecule has 1 saturated heterocycles. The molecule has 4 rings (SSSR count). The lowest BCUT2D eigenvalue weighted by Crippen LogP contribution is -2.29. The molecule has 1 aromatic carbocycles. The fourth-order valence-corrected chi connectivity index (χ4v) is 3.59. The fourth-order valence-electron chi connectivity index (χ4n) is 3.59. The van der Waals surface area contributed by atoms with E-state index in [2.05, 4.69) is 56.8 Å². The van der Waals surface area contributed by atoms with Crippen molar-refractivity contribution in [2.45, 2.75) is 37.8 Å². The van der Waals surface area contributed by atoms with E-state index < -0.39 is 12.0 Å². The molecule has 1 aliphatic heterocycles. The smallest absolute Gasteiger partial charge is 0.339 e. The number of benzene rings is 1. The van der Waals surface area contributed by atoms with Gasteiger partial charge >= 0.3 is 6.18 Å². The Labute approximate surface area is 165 Å². The highest BCUT2D eigenvalue weighted by Gasteiger charge is 2.38. The van der Waals surface area contributed by atoms with Gasteiger partial charge in [-0.2, -0.15) is 18.2 Å². The second kappa shape index (κ2) is 7.58. The maximum Gasteiger partial charge on any atom is 0.451 e. The normalized spacial score (nSPS) is 20.2. The highest BCUT2D eigenvalue weighted by molar-refractivity contribution is 5.42. The summed E-state index contributed by atoms with van der Waals surface area (Å²) >= 11 is 0. The van der Waals surface area contributed by atoms with Crippen LogP contribution in [0.5, 0.6) is 0 Å². The van der Waals surface area contributed by atoms with Crippen LogP contribution < -0.4 is 5.32 Å². The molecule has 1 radical (unpaired) electrons. The summed E-state index contributed by atoms with van der Waals surface area (Å²) in [5, 5.41) is 15.2. The number of aryl methyl sites for hydroxylation is 1. The Kier molecular flexibility index (Phi) is 5.12. The summed E-state index contributed by atoms with van der Waals surface area (Å²) in [6.07, 6.45) is -2.83. The van der Waals surface area contributed by atoms with Crippen molar-refractivity contribution >= 4 is 0 Å². The van der Waals surface area contributed by atoms with Crippen LogP contribution >= 0.6 is 0 Å². The molecule has 0 aliphatic carbocycles. The number of rotatable bonds is 4. The summed E-state index contributed by atoms with van der Waals surface area (Å²) in [5.41, 5.74) is 2.49. The maximum absolute atomic E-state index is 12.9. The lowest BCUT2D eigenvalue weighted by molar-refractivity contribution is -0.146. The van der Waals surface area contributed by atoms with Crippen LogP contribution in [0.25, 0.3) is 11.6 Å². The first-order valence-electron chi connectivity index (χ1n) is 9.39. The molecule has 29 heavy (non-hydrogen) atoms. The Balaban J connectivity index is 1.52. The number of piperidine rings is 1.